The molecule has 0 aliphatic heterocycles. The van der Waals surface area contributed by atoms with Gasteiger partial charge in [0.1, 0.15) is 13.2 Å². The van der Waals surface area contributed by atoms with Crippen molar-refractivity contribution in [1.29, 1.82) is 0 Å². The number of aliphatic hydroxyl groups excluding tert-OH is 2. The van der Waals surface area contributed by atoms with Crippen molar-refractivity contribution < 1.29 is 30.0 Å². The predicted molar refractivity (Wildman–Crippen MR) is 58.7 cm³/mol. The Morgan fingerprint density at radius 2 is 1.07 bits per heavy atom. The Morgan fingerprint density at radius 1 is 1.00 bits per heavy atom. The summed E-state index contributed by atoms with van der Waals surface area (Å²) in [6, 6.07) is 0. The van der Waals surface area contributed by atoms with E-state index in [2.05, 4.69) is 12.6 Å². The summed E-state index contributed by atoms with van der Waals surface area (Å²) in [5.41, 5.74) is 0. The highest BCUT2D eigenvalue weighted by molar-refractivity contribution is 7.87. The monoisotopic (exact) mass is 302 g/mol. The van der Waals surface area contributed by atoms with Crippen LogP contribution in [0.3, 0.4) is 0 Å². The van der Waals surface area contributed by atoms with Crippen molar-refractivity contribution in [2.75, 3.05) is 13.2 Å². The van der Waals surface area contributed by atoms with Gasteiger partial charge in [-0.2, -0.15) is 0 Å². The third-order valence-corrected chi connectivity index (χ3v) is 0.271. The van der Waals surface area contributed by atoms with E-state index in [0.717, 1.165) is 0 Å². The van der Waals surface area contributed by atoms with Gasteiger partial charge in [-0.25, -0.2) is 9.59 Å². The maximum absolute atomic E-state index is 9.12. The van der Waals surface area contributed by atoms with Crippen molar-refractivity contribution in [3.8, 4) is 0 Å². The van der Waals surface area contributed by atoms with Crippen LogP contribution in [-0.2, 0) is 9.59 Å². The lowest BCUT2D eigenvalue weighted by Gasteiger charge is -1.93. The smallest absolute Gasteiger partial charge is 0.329 e. The number of rotatable bonds is 2. The maximum atomic E-state index is 9.12. The number of thiol groups is 1. The number of hydrogen-bond acceptors (Lipinski definition) is 5. The second-order valence-electron chi connectivity index (χ2n) is 1.57. The number of aliphatic hydroxyl groups is 2. The minimum absolute atomic E-state index is 0.778. The number of alkyl halides is 3. The second-order valence-corrected chi connectivity index (χ2v) is 5.31. The second kappa shape index (κ2) is 12.2. The first kappa shape index (κ1) is 20.5. The lowest BCUT2D eigenvalue weighted by atomic mass is 10.8. The maximum Gasteiger partial charge on any atom is 0.329 e. The van der Waals surface area contributed by atoms with Crippen molar-refractivity contribution in [2.24, 2.45) is 0 Å². The van der Waals surface area contributed by atoms with Gasteiger partial charge in [-0.3, -0.25) is 0 Å². The lowest BCUT2D eigenvalue weighted by Crippen LogP contribution is -1.98. The fourth-order valence-corrected chi connectivity index (χ4v) is 0. The summed E-state index contributed by atoms with van der Waals surface area (Å²) in [5.74, 6) is -2.38. The molecule has 0 heterocycles. The first-order valence-electron chi connectivity index (χ1n) is 2.99. The molecule has 0 unspecified atom stereocenters. The van der Waals surface area contributed by atoms with Crippen LogP contribution in [0.5, 0.6) is 0 Å². The van der Waals surface area contributed by atoms with Crippen molar-refractivity contribution >= 4 is 59.4 Å². The van der Waals surface area contributed by atoms with Crippen LogP contribution in [0, 0.1) is 0 Å². The quantitative estimate of drug-likeness (QED) is 0.372. The molecule has 0 aliphatic rings. The molecule has 0 aromatic carbocycles. The Kier molecular flexibility index (Phi) is 16.6. The molecule has 92 valence electrons. The van der Waals surface area contributed by atoms with Crippen LogP contribution >= 0.6 is 47.4 Å². The summed E-state index contributed by atoms with van der Waals surface area (Å²) in [6.07, 6.45) is 0. The first-order valence-corrected chi connectivity index (χ1v) is 4.57. The van der Waals surface area contributed by atoms with E-state index in [9.17, 15) is 0 Å². The predicted octanol–water partition coefficient (Wildman–Crippen LogP) is 0.370. The van der Waals surface area contributed by atoms with E-state index in [0.29, 0.717) is 0 Å². The summed E-state index contributed by atoms with van der Waals surface area (Å²) in [7, 11) is 0. The molecule has 15 heavy (non-hydrogen) atoms. The molecule has 0 aromatic rings. The highest BCUT2D eigenvalue weighted by atomic mass is 35.6. The molecule has 0 radical (unpaired) electrons. The van der Waals surface area contributed by atoms with Gasteiger partial charge in [0, 0.05) is 0 Å². The van der Waals surface area contributed by atoms with Crippen molar-refractivity contribution in [1.82, 2.24) is 0 Å². The molecule has 0 saturated carbocycles. The fraction of sp³-hybridized carbons (Fsp3) is 0.600. The van der Waals surface area contributed by atoms with Gasteiger partial charge in [-0.1, -0.05) is 34.8 Å². The highest BCUT2D eigenvalue weighted by Gasteiger charge is 2.08. The van der Waals surface area contributed by atoms with Gasteiger partial charge in [0.05, 0.1) is 0 Å². The molecule has 0 rings (SSSR count). The van der Waals surface area contributed by atoms with Crippen LogP contribution in [0.25, 0.3) is 0 Å². The zero-order valence-corrected chi connectivity index (χ0v) is 10.3. The molecular weight excluding hydrogens is 294 g/mol. The van der Waals surface area contributed by atoms with E-state index in [1.165, 1.54) is 0 Å². The van der Waals surface area contributed by atoms with Gasteiger partial charge >= 0.3 is 11.9 Å². The molecule has 4 N–H and O–H groups in total. The van der Waals surface area contributed by atoms with Gasteiger partial charge in [0.15, 0.2) is 0 Å². The zero-order valence-electron chi connectivity index (χ0n) is 7.10. The Hall–Kier alpha value is 0.0800. The number of aliphatic carboxylic acids is 2. The van der Waals surface area contributed by atoms with E-state index in [1.54, 1.807) is 0 Å². The SMILES string of the molecule is O=C(O)CO.O=C(O)CO.SC(Cl)(Cl)Cl. The lowest BCUT2D eigenvalue weighted by molar-refractivity contribution is -0.141. The molecule has 0 aliphatic carbocycles. The normalized spacial score (nSPS) is 8.93. The minimum atomic E-state index is -1.39. The van der Waals surface area contributed by atoms with Gasteiger partial charge in [0.2, 0.25) is 3.12 Å². The number of hydrogen-bond donors (Lipinski definition) is 5. The molecule has 0 amide bonds. The zero-order chi connectivity index (χ0) is 13.1. The third-order valence-electron chi connectivity index (χ3n) is 0.271. The fourth-order valence-electron chi connectivity index (χ4n) is 0. The van der Waals surface area contributed by atoms with Crippen LogP contribution in [-0.4, -0.2) is 48.7 Å². The summed E-state index contributed by atoms with van der Waals surface area (Å²) in [5, 5.41) is 30.0. The van der Waals surface area contributed by atoms with Gasteiger partial charge in [-0.05, 0) is 0 Å². The first-order chi connectivity index (χ1) is 6.54. The van der Waals surface area contributed by atoms with Crippen molar-refractivity contribution in [3.05, 3.63) is 0 Å². The Morgan fingerprint density at radius 3 is 1.07 bits per heavy atom. The Balaban J connectivity index is -0.000000144. The molecule has 0 saturated heterocycles. The number of carboxylic acids is 2. The molecule has 6 nitrogen and oxygen atoms in total. The minimum Gasteiger partial charge on any atom is -0.480 e. The largest absolute Gasteiger partial charge is 0.480 e. The number of carboxylic acid groups (broad SMARTS) is 2. The summed E-state index contributed by atoms with van der Waals surface area (Å²) in [4.78, 5) is 18.2. The topological polar surface area (TPSA) is 115 Å². The Bertz CT molecular complexity index is 162. The van der Waals surface area contributed by atoms with Crippen molar-refractivity contribution in [3.63, 3.8) is 0 Å². The van der Waals surface area contributed by atoms with Crippen LogP contribution in [0.2, 0.25) is 0 Å². The Labute approximate surface area is 106 Å². The summed E-state index contributed by atoms with van der Waals surface area (Å²) in [6.45, 7) is -1.56. The molecule has 10 heteroatoms. The summed E-state index contributed by atoms with van der Waals surface area (Å²) < 4.78 is -1.39. The molecule has 0 fully saturated rings. The average molecular weight is 304 g/mol. The van der Waals surface area contributed by atoms with Gasteiger partial charge in [-0.15, -0.1) is 12.6 Å². The molecule has 0 spiro atoms. The highest BCUT2D eigenvalue weighted by Crippen LogP contribution is 2.29. The van der Waals surface area contributed by atoms with E-state index >= 15 is 0 Å². The van der Waals surface area contributed by atoms with Crippen LogP contribution in [0.15, 0.2) is 0 Å². The molecular formula is C5H9Cl3O6S. The van der Waals surface area contributed by atoms with Crippen LogP contribution in [0.1, 0.15) is 0 Å². The molecule has 0 bridgehead atoms. The number of halogens is 3. The van der Waals surface area contributed by atoms with Crippen LogP contribution in [0.4, 0.5) is 0 Å². The van der Waals surface area contributed by atoms with Crippen LogP contribution < -0.4 is 0 Å². The molecule has 0 atom stereocenters. The average Bonchev–Trinajstić information content (AvgIpc) is 2.02. The third kappa shape index (κ3) is 123. The van der Waals surface area contributed by atoms with Gasteiger partial charge < -0.3 is 20.4 Å². The van der Waals surface area contributed by atoms with E-state index in [-0.39, 0.29) is 0 Å². The summed E-state index contributed by atoms with van der Waals surface area (Å²) >= 11 is 18.2. The molecule has 0 aromatic heterocycles. The number of carbonyl (C=O) groups is 2. The standard InChI is InChI=1S/2C2H4O3.CHCl3S/c2*3-1-2(4)5;2-1(3,4)5/h2*3H,1H2,(H,4,5);5H. The van der Waals surface area contributed by atoms with E-state index in [1.807, 2.05) is 0 Å². The van der Waals surface area contributed by atoms with E-state index < -0.39 is 28.3 Å². The van der Waals surface area contributed by atoms with Gasteiger partial charge in [0.25, 0.3) is 0 Å². The van der Waals surface area contributed by atoms with E-state index in [4.69, 9.17) is 64.8 Å². The van der Waals surface area contributed by atoms with Crippen molar-refractivity contribution in [2.45, 2.75) is 3.12 Å².